The molecule has 1 aromatic rings. The minimum atomic E-state index is 0.156. The summed E-state index contributed by atoms with van der Waals surface area (Å²) in [5, 5.41) is 4.44. The Morgan fingerprint density at radius 3 is 2.73 bits per heavy atom. The number of aryl methyl sites for hydroxylation is 2. The molecule has 0 saturated heterocycles. The number of nitrogens with one attached hydrogen (secondary N) is 1. The van der Waals surface area contributed by atoms with Crippen LogP contribution in [0, 0.1) is 13.8 Å². The number of aromatic nitrogens is 2. The van der Waals surface area contributed by atoms with Gasteiger partial charge in [-0.25, -0.2) is 0 Å². The molecule has 1 rings (SSSR count). The average Bonchev–Trinajstić information content (AvgIpc) is 2.53. The summed E-state index contributed by atoms with van der Waals surface area (Å²) in [6, 6.07) is 2.22. The van der Waals surface area contributed by atoms with Crippen molar-refractivity contribution in [3.63, 3.8) is 0 Å². The molecule has 1 unspecified atom stereocenters. The Morgan fingerprint density at radius 2 is 2.33 bits per heavy atom. The molecule has 0 bridgehead atoms. The van der Waals surface area contributed by atoms with Gasteiger partial charge < -0.3 is 5.43 Å². The molecule has 84 valence electrons. The molecule has 1 heterocycles. The maximum Gasteiger partial charge on any atom is 0.0899 e. The van der Waals surface area contributed by atoms with Crippen molar-refractivity contribution in [1.82, 2.24) is 15.2 Å². The molecule has 0 aliphatic heterocycles. The van der Waals surface area contributed by atoms with E-state index in [4.69, 9.17) is 5.84 Å². The second-order valence-electron chi connectivity index (χ2n) is 3.76. The summed E-state index contributed by atoms with van der Waals surface area (Å²) >= 11 is 0. The Kier molecular flexibility index (Phi) is 3.91. The fourth-order valence-corrected chi connectivity index (χ4v) is 1.74. The van der Waals surface area contributed by atoms with Crippen molar-refractivity contribution in [3.8, 4) is 0 Å². The minimum Gasteiger partial charge on any atom is -0.326 e. The lowest BCUT2D eigenvalue weighted by molar-refractivity contribution is 0.507. The fourth-order valence-electron chi connectivity index (χ4n) is 1.74. The van der Waals surface area contributed by atoms with E-state index in [1.54, 1.807) is 0 Å². The van der Waals surface area contributed by atoms with Crippen LogP contribution in [0.3, 0.4) is 0 Å². The van der Waals surface area contributed by atoms with E-state index >= 15 is 0 Å². The maximum absolute atomic E-state index is 5.49. The van der Waals surface area contributed by atoms with Gasteiger partial charge in [-0.2, -0.15) is 5.10 Å². The predicted molar refractivity (Wildman–Crippen MR) is 62.1 cm³/mol. The third-order valence-electron chi connectivity index (χ3n) is 2.45. The second-order valence-corrected chi connectivity index (χ2v) is 3.76. The van der Waals surface area contributed by atoms with Gasteiger partial charge in [-0.3, -0.25) is 10.5 Å². The number of hydrogen-bond donors (Lipinski definition) is 2. The molecular weight excluding hydrogens is 188 g/mol. The van der Waals surface area contributed by atoms with Gasteiger partial charge in [0, 0.05) is 11.4 Å². The van der Waals surface area contributed by atoms with Crippen molar-refractivity contribution in [2.75, 3.05) is 0 Å². The van der Waals surface area contributed by atoms with Crippen LogP contribution >= 0.6 is 0 Å². The van der Waals surface area contributed by atoms with Crippen LogP contribution in [-0.4, -0.2) is 9.78 Å². The van der Waals surface area contributed by atoms with Crippen LogP contribution in [0.25, 0.3) is 0 Å². The molecule has 0 saturated carbocycles. The van der Waals surface area contributed by atoms with E-state index in [1.807, 2.05) is 11.6 Å². The summed E-state index contributed by atoms with van der Waals surface area (Å²) in [7, 11) is 0. The van der Waals surface area contributed by atoms with Crippen LogP contribution < -0.4 is 11.3 Å². The number of hydrogen-bond acceptors (Lipinski definition) is 3. The van der Waals surface area contributed by atoms with Crippen LogP contribution in [0.4, 0.5) is 0 Å². The highest BCUT2D eigenvalue weighted by molar-refractivity contribution is 5.12. The first-order valence-electron chi connectivity index (χ1n) is 5.29. The molecule has 4 heteroatoms. The summed E-state index contributed by atoms with van der Waals surface area (Å²) in [4.78, 5) is 0. The standard InChI is InChI=1S/C11H20N4/c1-5-6-11(13-12)10(4)15-9(3)7-8(2)14-15/h6-7,10,13H,5,12H2,1-4H3/b11-6-. The van der Waals surface area contributed by atoms with Crippen molar-refractivity contribution in [3.05, 3.63) is 29.2 Å². The van der Waals surface area contributed by atoms with Crippen LogP contribution in [-0.2, 0) is 0 Å². The molecule has 1 atom stereocenters. The van der Waals surface area contributed by atoms with Gasteiger partial charge in [-0.1, -0.05) is 13.0 Å². The highest BCUT2D eigenvalue weighted by atomic mass is 15.3. The van der Waals surface area contributed by atoms with Crippen molar-refractivity contribution in [2.45, 2.75) is 40.2 Å². The van der Waals surface area contributed by atoms with Gasteiger partial charge in [-0.15, -0.1) is 0 Å². The molecule has 1 aromatic heterocycles. The van der Waals surface area contributed by atoms with E-state index in [1.165, 1.54) is 0 Å². The lowest BCUT2D eigenvalue weighted by Crippen LogP contribution is -2.28. The Hall–Kier alpha value is -1.29. The third kappa shape index (κ3) is 2.59. The Labute approximate surface area is 91.1 Å². The largest absolute Gasteiger partial charge is 0.326 e. The van der Waals surface area contributed by atoms with Gasteiger partial charge >= 0.3 is 0 Å². The van der Waals surface area contributed by atoms with Crippen molar-refractivity contribution >= 4 is 0 Å². The first-order valence-corrected chi connectivity index (χ1v) is 5.29. The number of nitrogens with zero attached hydrogens (tertiary/aromatic N) is 2. The van der Waals surface area contributed by atoms with Crippen LogP contribution in [0.2, 0.25) is 0 Å². The van der Waals surface area contributed by atoms with E-state index in [0.717, 1.165) is 23.5 Å². The summed E-state index contributed by atoms with van der Waals surface area (Å²) < 4.78 is 1.98. The Morgan fingerprint density at radius 1 is 1.67 bits per heavy atom. The molecule has 0 amide bonds. The predicted octanol–water partition coefficient (Wildman–Crippen LogP) is 1.82. The molecule has 0 spiro atoms. The van der Waals surface area contributed by atoms with E-state index in [-0.39, 0.29) is 6.04 Å². The molecule has 0 aliphatic rings. The van der Waals surface area contributed by atoms with E-state index < -0.39 is 0 Å². The Bertz CT molecular complexity index is 351. The van der Waals surface area contributed by atoms with Gasteiger partial charge in [0.1, 0.15) is 0 Å². The normalized spacial score (nSPS) is 14.1. The van der Waals surface area contributed by atoms with Crippen molar-refractivity contribution in [1.29, 1.82) is 0 Å². The zero-order valence-corrected chi connectivity index (χ0v) is 9.91. The van der Waals surface area contributed by atoms with Crippen molar-refractivity contribution in [2.24, 2.45) is 5.84 Å². The van der Waals surface area contributed by atoms with Gasteiger partial charge in [-0.05, 0) is 33.3 Å². The zero-order valence-electron chi connectivity index (χ0n) is 9.91. The molecule has 0 radical (unpaired) electrons. The SMILES string of the molecule is CC/C=C(\NN)C(C)n1nc(C)cc1C. The monoisotopic (exact) mass is 208 g/mol. The lowest BCUT2D eigenvalue weighted by atomic mass is 10.2. The quantitative estimate of drug-likeness (QED) is 0.586. The third-order valence-corrected chi connectivity index (χ3v) is 2.45. The fraction of sp³-hybridized carbons (Fsp3) is 0.545. The van der Waals surface area contributed by atoms with Crippen LogP contribution in [0.15, 0.2) is 17.8 Å². The summed E-state index contributed by atoms with van der Waals surface area (Å²) in [6.45, 7) is 8.22. The minimum absolute atomic E-state index is 0.156. The highest BCUT2D eigenvalue weighted by Crippen LogP contribution is 2.16. The maximum atomic E-state index is 5.49. The average molecular weight is 208 g/mol. The molecule has 4 nitrogen and oxygen atoms in total. The summed E-state index contributed by atoms with van der Waals surface area (Å²) in [6.07, 6.45) is 3.05. The Balaban J connectivity index is 2.97. The highest BCUT2D eigenvalue weighted by Gasteiger charge is 2.12. The topological polar surface area (TPSA) is 55.9 Å². The van der Waals surface area contributed by atoms with Crippen molar-refractivity contribution < 1.29 is 0 Å². The summed E-state index contributed by atoms with van der Waals surface area (Å²) in [5.41, 5.74) is 5.93. The smallest absolute Gasteiger partial charge is 0.0899 e. The molecule has 0 fully saturated rings. The van der Waals surface area contributed by atoms with Crippen LogP contribution in [0.1, 0.15) is 37.7 Å². The first-order chi connectivity index (χ1) is 7.10. The van der Waals surface area contributed by atoms with E-state index in [9.17, 15) is 0 Å². The second kappa shape index (κ2) is 4.98. The summed E-state index contributed by atoms with van der Waals surface area (Å²) in [5.74, 6) is 5.49. The molecule has 0 aromatic carbocycles. The van der Waals surface area contributed by atoms with Crippen LogP contribution in [0.5, 0.6) is 0 Å². The first kappa shape index (κ1) is 11.8. The number of allylic oxidation sites excluding steroid dienone is 2. The van der Waals surface area contributed by atoms with E-state index in [2.05, 4.69) is 43.4 Å². The number of rotatable bonds is 4. The number of hydrazine groups is 1. The number of nitrogens with two attached hydrogens (primary N) is 1. The van der Waals surface area contributed by atoms with Gasteiger partial charge in [0.25, 0.3) is 0 Å². The van der Waals surface area contributed by atoms with Gasteiger partial charge in [0.2, 0.25) is 0 Å². The van der Waals surface area contributed by atoms with Gasteiger partial charge in [0.15, 0.2) is 0 Å². The lowest BCUT2D eigenvalue weighted by Gasteiger charge is -2.17. The molecule has 0 aliphatic carbocycles. The molecule has 3 N–H and O–H groups in total. The van der Waals surface area contributed by atoms with Gasteiger partial charge in [0.05, 0.1) is 11.7 Å². The molecular formula is C11H20N4. The zero-order chi connectivity index (χ0) is 11.4. The van der Waals surface area contributed by atoms with E-state index in [0.29, 0.717) is 0 Å². The molecule has 15 heavy (non-hydrogen) atoms.